The fourth-order valence-corrected chi connectivity index (χ4v) is 4.17. The van der Waals surface area contributed by atoms with Crippen molar-refractivity contribution < 1.29 is 0 Å². The third kappa shape index (κ3) is 2.63. The van der Waals surface area contributed by atoms with Crippen LogP contribution >= 0.6 is 23.4 Å². The molecule has 1 aromatic rings. The molecule has 2 atom stereocenters. The van der Waals surface area contributed by atoms with E-state index in [1.165, 1.54) is 4.57 Å². The highest BCUT2D eigenvalue weighted by atomic mass is 35.5. The van der Waals surface area contributed by atoms with E-state index in [9.17, 15) is 9.59 Å². The molecule has 0 saturated heterocycles. The Hall–Kier alpha value is -0.680. The number of nitrogens with one attached hydrogen (secondary N) is 1. The Balaban J connectivity index is 2.61. The van der Waals surface area contributed by atoms with Crippen LogP contribution in [0.1, 0.15) is 50.6 Å². The fraction of sp³-hybridized carbons (Fsp3) is 0.692. The van der Waals surface area contributed by atoms with E-state index in [0.29, 0.717) is 10.8 Å². The van der Waals surface area contributed by atoms with Gasteiger partial charge in [0.1, 0.15) is 5.15 Å². The molecule has 19 heavy (non-hydrogen) atoms. The smallest absolute Gasteiger partial charge is 0.297 e. The van der Waals surface area contributed by atoms with Crippen LogP contribution in [-0.4, -0.2) is 21.1 Å². The molecule has 0 spiro atoms. The molecule has 1 fully saturated rings. The van der Waals surface area contributed by atoms with Crippen molar-refractivity contribution in [2.45, 2.75) is 50.3 Å². The molecule has 0 radical (unpaired) electrons. The first-order valence-electron chi connectivity index (χ1n) is 6.54. The zero-order valence-corrected chi connectivity index (χ0v) is 13.0. The van der Waals surface area contributed by atoms with Crippen molar-refractivity contribution >= 4 is 23.4 Å². The van der Waals surface area contributed by atoms with Crippen LogP contribution in [0.5, 0.6) is 0 Å². The van der Waals surface area contributed by atoms with Crippen molar-refractivity contribution in [1.29, 1.82) is 0 Å². The molecule has 2 rings (SSSR count). The van der Waals surface area contributed by atoms with Crippen molar-refractivity contribution in [1.82, 2.24) is 9.55 Å². The van der Waals surface area contributed by atoms with Crippen LogP contribution in [0.3, 0.4) is 0 Å². The van der Waals surface area contributed by atoms with Gasteiger partial charge in [0.25, 0.3) is 5.56 Å². The van der Waals surface area contributed by atoms with Crippen LogP contribution in [0.2, 0.25) is 5.15 Å². The van der Waals surface area contributed by atoms with Gasteiger partial charge in [0.2, 0.25) is 0 Å². The summed E-state index contributed by atoms with van der Waals surface area (Å²) in [5, 5.41) is 0.514. The van der Waals surface area contributed by atoms with E-state index in [0.717, 1.165) is 19.3 Å². The SMILES string of the molecule is CSC1CCCC1n1c(=O)[nH]c(Cl)c(C(C)C)c1=O. The van der Waals surface area contributed by atoms with Crippen LogP contribution in [0, 0.1) is 0 Å². The molecule has 2 unspecified atom stereocenters. The predicted molar refractivity (Wildman–Crippen MR) is 80.6 cm³/mol. The van der Waals surface area contributed by atoms with Crippen molar-refractivity contribution in [3.8, 4) is 0 Å². The third-order valence-corrected chi connectivity index (χ3v) is 5.20. The molecule has 1 aliphatic carbocycles. The Labute approximate surface area is 121 Å². The number of hydrogen-bond acceptors (Lipinski definition) is 3. The van der Waals surface area contributed by atoms with Gasteiger partial charge in [0.15, 0.2) is 0 Å². The Morgan fingerprint density at radius 3 is 2.63 bits per heavy atom. The van der Waals surface area contributed by atoms with Crippen LogP contribution in [0.25, 0.3) is 0 Å². The number of rotatable bonds is 3. The first-order valence-corrected chi connectivity index (χ1v) is 8.21. The maximum Gasteiger partial charge on any atom is 0.329 e. The lowest BCUT2D eigenvalue weighted by molar-refractivity contribution is 0.481. The first-order chi connectivity index (χ1) is 8.97. The Bertz CT molecular complexity index is 579. The van der Waals surface area contributed by atoms with Gasteiger partial charge in [-0.1, -0.05) is 31.9 Å². The number of thioether (sulfide) groups is 1. The van der Waals surface area contributed by atoms with E-state index < -0.39 is 0 Å². The van der Waals surface area contributed by atoms with Gasteiger partial charge in [-0.2, -0.15) is 11.8 Å². The van der Waals surface area contributed by atoms with Crippen molar-refractivity contribution in [2.75, 3.05) is 6.26 Å². The van der Waals surface area contributed by atoms with E-state index in [4.69, 9.17) is 11.6 Å². The van der Waals surface area contributed by atoms with Gasteiger partial charge >= 0.3 is 5.69 Å². The van der Waals surface area contributed by atoms with Gasteiger partial charge in [-0.15, -0.1) is 0 Å². The second-order valence-electron chi connectivity index (χ2n) is 5.26. The zero-order valence-electron chi connectivity index (χ0n) is 11.4. The molecule has 4 nitrogen and oxygen atoms in total. The molecule has 1 N–H and O–H groups in total. The van der Waals surface area contributed by atoms with Crippen LogP contribution in [0.15, 0.2) is 9.59 Å². The zero-order chi connectivity index (χ0) is 14.2. The topological polar surface area (TPSA) is 54.9 Å². The lowest BCUT2D eigenvalue weighted by Crippen LogP contribution is -2.42. The van der Waals surface area contributed by atoms with E-state index in [1.54, 1.807) is 11.8 Å². The van der Waals surface area contributed by atoms with Gasteiger partial charge in [-0.3, -0.25) is 14.3 Å². The summed E-state index contributed by atoms with van der Waals surface area (Å²) in [4.78, 5) is 27.3. The molecule has 6 heteroatoms. The highest BCUT2D eigenvalue weighted by molar-refractivity contribution is 7.99. The highest BCUT2D eigenvalue weighted by Gasteiger charge is 2.31. The second-order valence-corrected chi connectivity index (χ2v) is 6.71. The summed E-state index contributed by atoms with van der Waals surface area (Å²) in [5.41, 5.74) is -0.104. The molecule has 0 aromatic carbocycles. The number of H-pyrrole nitrogens is 1. The molecule has 0 bridgehead atoms. The maximum atomic E-state index is 12.5. The number of hydrogen-bond donors (Lipinski definition) is 1. The molecule has 106 valence electrons. The minimum atomic E-state index is -0.384. The molecule has 1 aromatic heterocycles. The fourth-order valence-electron chi connectivity index (χ4n) is 2.82. The molecule has 1 heterocycles. The minimum absolute atomic E-state index is 0.00256. The molecule has 0 aliphatic heterocycles. The largest absolute Gasteiger partial charge is 0.329 e. The van der Waals surface area contributed by atoms with Gasteiger partial charge in [-0.05, 0) is 25.0 Å². The normalized spacial score (nSPS) is 23.2. The lowest BCUT2D eigenvalue weighted by Gasteiger charge is -2.21. The van der Waals surface area contributed by atoms with Crippen LogP contribution in [0.4, 0.5) is 0 Å². The quantitative estimate of drug-likeness (QED) is 0.874. The van der Waals surface area contributed by atoms with E-state index >= 15 is 0 Å². The van der Waals surface area contributed by atoms with E-state index in [1.807, 2.05) is 20.1 Å². The van der Waals surface area contributed by atoms with Gasteiger partial charge < -0.3 is 0 Å². The van der Waals surface area contributed by atoms with Crippen LogP contribution < -0.4 is 11.2 Å². The maximum absolute atomic E-state index is 12.5. The summed E-state index contributed by atoms with van der Waals surface area (Å²) in [6.07, 6.45) is 5.02. The highest BCUT2D eigenvalue weighted by Crippen LogP contribution is 2.36. The monoisotopic (exact) mass is 302 g/mol. The van der Waals surface area contributed by atoms with E-state index in [-0.39, 0.29) is 28.4 Å². The molecular weight excluding hydrogens is 284 g/mol. The van der Waals surface area contributed by atoms with Gasteiger partial charge in [0.05, 0.1) is 11.6 Å². The lowest BCUT2D eigenvalue weighted by atomic mass is 10.1. The first kappa shape index (κ1) is 14.7. The van der Waals surface area contributed by atoms with Crippen molar-refractivity contribution in [2.24, 2.45) is 0 Å². The minimum Gasteiger partial charge on any atom is -0.297 e. The van der Waals surface area contributed by atoms with Crippen molar-refractivity contribution in [3.63, 3.8) is 0 Å². The third-order valence-electron chi connectivity index (χ3n) is 3.75. The Kier molecular flexibility index (Phi) is 4.46. The molecule has 0 amide bonds. The summed E-state index contributed by atoms with van der Waals surface area (Å²) in [7, 11) is 0. The summed E-state index contributed by atoms with van der Waals surface area (Å²) in [6.45, 7) is 3.82. The Morgan fingerprint density at radius 1 is 1.37 bits per heavy atom. The molecule has 1 saturated carbocycles. The number of aromatic nitrogens is 2. The second kappa shape index (κ2) is 5.75. The van der Waals surface area contributed by atoms with E-state index in [2.05, 4.69) is 4.98 Å². The number of halogens is 1. The Morgan fingerprint density at radius 2 is 2.05 bits per heavy atom. The molecule has 1 aliphatic rings. The van der Waals surface area contributed by atoms with Crippen LogP contribution in [-0.2, 0) is 0 Å². The summed E-state index contributed by atoms with van der Waals surface area (Å²) in [5.74, 6) is -0.00256. The average molecular weight is 303 g/mol. The van der Waals surface area contributed by atoms with Crippen molar-refractivity contribution in [3.05, 3.63) is 31.6 Å². The number of nitrogens with zero attached hydrogens (tertiary/aromatic N) is 1. The number of aromatic amines is 1. The standard InChI is InChI=1S/C13H19ClN2O2S/c1-7(2)10-11(14)15-13(18)16(12(10)17)8-5-4-6-9(8)19-3/h7-9H,4-6H2,1-3H3,(H,15,18). The summed E-state index contributed by atoms with van der Waals surface area (Å²) in [6, 6.07) is -0.0129. The molecular formula is C13H19ClN2O2S. The summed E-state index contributed by atoms with van der Waals surface area (Å²) < 4.78 is 1.38. The van der Waals surface area contributed by atoms with Gasteiger partial charge in [0, 0.05) is 5.25 Å². The predicted octanol–water partition coefficient (Wildman–Crippen LogP) is 2.77. The summed E-state index contributed by atoms with van der Waals surface area (Å²) >= 11 is 7.73. The average Bonchev–Trinajstić information content (AvgIpc) is 2.75. The van der Waals surface area contributed by atoms with Gasteiger partial charge in [-0.25, -0.2) is 4.79 Å².